The number of thiophene rings is 1. The summed E-state index contributed by atoms with van der Waals surface area (Å²) in [5.74, 6) is 1.51. The van der Waals surface area contributed by atoms with E-state index in [4.69, 9.17) is 11.6 Å². The zero-order valence-corrected chi connectivity index (χ0v) is 13.2. The summed E-state index contributed by atoms with van der Waals surface area (Å²) in [6, 6.07) is 2.17. The van der Waals surface area contributed by atoms with Gasteiger partial charge in [0.15, 0.2) is 0 Å². The maximum Gasteiger partial charge on any atom is 0.138 e. The van der Waals surface area contributed by atoms with Crippen molar-refractivity contribution in [2.75, 3.05) is 11.9 Å². The number of nitrogens with one attached hydrogen (secondary N) is 1. The molecule has 0 radical (unpaired) electrons. The van der Waals surface area contributed by atoms with Gasteiger partial charge in [-0.05, 0) is 24.8 Å². The highest BCUT2D eigenvalue weighted by Gasteiger charge is 2.11. The highest BCUT2D eigenvalue weighted by atomic mass is 35.5. The number of anilines is 1. The van der Waals surface area contributed by atoms with Crippen LogP contribution in [0.4, 0.5) is 5.82 Å². The summed E-state index contributed by atoms with van der Waals surface area (Å²) in [5.41, 5.74) is 0. The molecule has 1 atom stereocenters. The van der Waals surface area contributed by atoms with Crippen molar-refractivity contribution in [1.29, 1.82) is 0 Å². The Morgan fingerprint density at radius 3 is 2.84 bits per heavy atom. The molecule has 5 heteroatoms. The van der Waals surface area contributed by atoms with E-state index in [1.165, 1.54) is 4.88 Å². The Kier molecular flexibility index (Phi) is 4.99. The third kappa shape index (κ3) is 3.80. The molecule has 0 aliphatic heterocycles. The van der Waals surface area contributed by atoms with Gasteiger partial charge in [0, 0.05) is 11.4 Å². The third-order valence-corrected chi connectivity index (χ3v) is 4.47. The van der Waals surface area contributed by atoms with Crippen molar-refractivity contribution < 1.29 is 0 Å². The number of fused-ring (bicyclic) bond motifs is 1. The molecule has 19 heavy (non-hydrogen) atoms. The van der Waals surface area contributed by atoms with Crippen molar-refractivity contribution in [1.82, 2.24) is 9.97 Å². The fourth-order valence-corrected chi connectivity index (χ4v) is 3.39. The summed E-state index contributed by atoms with van der Waals surface area (Å²) < 4.78 is 0. The van der Waals surface area contributed by atoms with Crippen LogP contribution in [-0.2, 0) is 6.42 Å². The first-order chi connectivity index (χ1) is 9.10. The molecule has 0 aliphatic carbocycles. The number of hydrogen-bond acceptors (Lipinski definition) is 4. The van der Waals surface area contributed by atoms with Crippen LogP contribution < -0.4 is 5.32 Å². The topological polar surface area (TPSA) is 37.8 Å². The van der Waals surface area contributed by atoms with Gasteiger partial charge >= 0.3 is 0 Å². The first-order valence-electron chi connectivity index (χ1n) is 6.71. The van der Waals surface area contributed by atoms with Crippen LogP contribution >= 0.6 is 22.9 Å². The molecular weight excluding hydrogens is 278 g/mol. The highest BCUT2D eigenvalue weighted by Crippen LogP contribution is 2.28. The van der Waals surface area contributed by atoms with Crippen LogP contribution in [0.2, 0.25) is 0 Å². The fraction of sp³-hybridized carbons (Fsp3) is 0.571. The van der Waals surface area contributed by atoms with Crippen LogP contribution in [0.1, 0.15) is 32.1 Å². The average molecular weight is 298 g/mol. The van der Waals surface area contributed by atoms with Gasteiger partial charge in [0.2, 0.25) is 0 Å². The van der Waals surface area contributed by atoms with Gasteiger partial charge in [0.1, 0.15) is 17.0 Å². The van der Waals surface area contributed by atoms with Crippen molar-refractivity contribution in [3.8, 4) is 0 Å². The van der Waals surface area contributed by atoms with Gasteiger partial charge in [-0.25, -0.2) is 9.97 Å². The number of alkyl halides is 1. The minimum Gasteiger partial charge on any atom is -0.368 e. The van der Waals surface area contributed by atoms with Crippen LogP contribution in [0.3, 0.4) is 0 Å². The monoisotopic (exact) mass is 297 g/mol. The highest BCUT2D eigenvalue weighted by molar-refractivity contribution is 7.18. The molecule has 0 fully saturated rings. The molecule has 0 saturated carbocycles. The smallest absolute Gasteiger partial charge is 0.138 e. The van der Waals surface area contributed by atoms with Crippen molar-refractivity contribution >= 4 is 39.0 Å². The van der Waals surface area contributed by atoms with Gasteiger partial charge in [-0.15, -0.1) is 22.9 Å². The van der Waals surface area contributed by atoms with Crippen LogP contribution in [-0.4, -0.2) is 21.9 Å². The van der Waals surface area contributed by atoms with Crippen molar-refractivity contribution in [3.63, 3.8) is 0 Å². The van der Waals surface area contributed by atoms with E-state index in [0.717, 1.165) is 35.4 Å². The van der Waals surface area contributed by atoms with Gasteiger partial charge in [-0.2, -0.15) is 0 Å². The summed E-state index contributed by atoms with van der Waals surface area (Å²) >= 11 is 8.04. The molecule has 2 heterocycles. The summed E-state index contributed by atoms with van der Waals surface area (Å²) in [7, 11) is 0. The predicted octanol–water partition coefficient (Wildman–Crippen LogP) is 4.32. The zero-order chi connectivity index (χ0) is 13.8. The molecule has 104 valence electrons. The van der Waals surface area contributed by atoms with Gasteiger partial charge in [0.05, 0.1) is 10.8 Å². The second kappa shape index (κ2) is 6.53. The minimum atomic E-state index is 0.134. The molecule has 0 bridgehead atoms. The predicted molar refractivity (Wildman–Crippen MR) is 84.4 cm³/mol. The number of halogens is 1. The Balaban J connectivity index is 2.09. The van der Waals surface area contributed by atoms with Gasteiger partial charge in [-0.1, -0.05) is 20.8 Å². The Labute approximate surface area is 123 Å². The molecule has 2 aromatic rings. The molecule has 3 nitrogen and oxygen atoms in total. The van der Waals surface area contributed by atoms with E-state index in [-0.39, 0.29) is 5.38 Å². The van der Waals surface area contributed by atoms with E-state index in [1.807, 2.05) is 0 Å². The lowest BCUT2D eigenvalue weighted by Crippen LogP contribution is -2.17. The summed E-state index contributed by atoms with van der Waals surface area (Å²) in [5, 5.41) is 4.60. The normalized spacial score (nSPS) is 13.1. The van der Waals surface area contributed by atoms with Gasteiger partial charge < -0.3 is 5.32 Å². The third-order valence-electron chi connectivity index (χ3n) is 2.95. The zero-order valence-electron chi connectivity index (χ0n) is 11.6. The van der Waals surface area contributed by atoms with Crippen LogP contribution in [0, 0.1) is 5.92 Å². The van der Waals surface area contributed by atoms with Crippen LogP contribution in [0.5, 0.6) is 0 Å². The van der Waals surface area contributed by atoms with Crippen molar-refractivity contribution in [2.45, 2.75) is 39.0 Å². The van der Waals surface area contributed by atoms with E-state index in [9.17, 15) is 0 Å². The minimum absolute atomic E-state index is 0.134. The lowest BCUT2D eigenvalue weighted by Gasteiger charge is -2.13. The van der Waals surface area contributed by atoms with E-state index >= 15 is 0 Å². The van der Waals surface area contributed by atoms with E-state index < -0.39 is 0 Å². The van der Waals surface area contributed by atoms with Crippen molar-refractivity contribution in [3.05, 3.63) is 17.3 Å². The Morgan fingerprint density at radius 1 is 1.37 bits per heavy atom. The summed E-state index contributed by atoms with van der Waals surface area (Å²) in [4.78, 5) is 11.0. The average Bonchev–Trinajstić information content (AvgIpc) is 2.78. The Morgan fingerprint density at radius 2 is 2.16 bits per heavy atom. The number of aromatic nitrogens is 2. The standard InChI is InChI=1S/C14H20ClN3S/c1-4-11-6-12-13(17-8-18-14(12)19-11)16-7-10(15)5-9(2)3/h6,8-10H,4-5,7H2,1-3H3,(H,16,17,18). The van der Waals surface area contributed by atoms with Gasteiger partial charge in [-0.3, -0.25) is 0 Å². The maximum atomic E-state index is 6.31. The fourth-order valence-electron chi connectivity index (χ4n) is 2.02. The van der Waals surface area contributed by atoms with E-state index in [1.54, 1.807) is 17.7 Å². The van der Waals surface area contributed by atoms with E-state index in [2.05, 4.69) is 42.1 Å². The van der Waals surface area contributed by atoms with E-state index in [0.29, 0.717) is 5.92 Å². The summed E-state index contributed by atoms with van der Waals surface area (Å²) in [6.45, 7) is 7.27. The number of aryl methyl sites for hydroxylation is 1. The lowest BCUT2D eigenvalue weighted by atomic mass is 10.1. The second-order valence-electron chi connectivity index (χ2n) is 5.12. The maximum absolute atomic E-state index is 6.31. The van der Waals surface area contributed by atoms with Crippen molar-refractivity contribution in [2.24, 2.45) is 5.92 Å². The summed E-state index contributed by atoms with van der Waals surface area (Å²) in [6.07, 6.45) is 3.66. The Bertz CT molecular complexity index is 538. The van der Waals surface area contributed by atoms with Crippen LogP contribution in [0.25, 0.3) is 10.2 Å². The molecule has 0 spiro atoms. The number of nitrogens with zero attached hydrogens (tertiary/aromatic N) is 2. The van der Waals surface area contributed by atoms with Crippen LogP contribution in [0.15, 0.2) is 12.4 Å². The van der Waals surface area contributed by atoms with Gasteiger partial charge in [0.25, 0.3) is 0 Å². The first-order valence-corrected chi connectivity index (χ1v) is 7.96. The molecule has 1 unspecified atom stereocenters. The molecule has 2 rings (SSSR count). The Hall–Kier alpha value is -0.870. The largest absolute Gasteiger partial charge is 0.368 e. The molecule has 0 aromatic carbocycles. The first kappa shape index (κ1) is 14.5. The quantitative estimate of drug-likeness (QED) is 0.807. The molecule has 1 N–H and O–H groups in total. The molecule has 0 amide bonds. The molecular formula is C14H20ClN3S. The lowest BCUT2D eigenvalue weighted by molar-refractivity contribution is 0.572. The second-order valence-corrected chi connectivity index (χ2v) is 6.85. The molecule has 2 aromatic heterocycles. The SMILES string of the molecule is CCc1cc2c(NCC(Cl)CC(C)C)ncnc2s1. The molecule has 0 saturated heterocycles. The number of hydrogen-bond donors (Lipinski definition) is 1. The number of rotatable bonds is 6. The molecule has 0 aliphatic rings.